The molecule has 1 aromatic carbocycles. The first-order valence-electron chi connectivity index (χ1n) is 5.31. The minimum absolute atomic E-state index is 0.0392. The third-order valence-corrected chi connectivity index (χ3v) is 3.53. The smallest absolute Gasteiger partial charge is 0.309 e. The largest absolute Gasteiger partial charge is 0.387 e. The van der Waals surface area contributed by atoms with Gasteiger partial charge < -0.3 is 16.2 Å². The predicted molar refractivity (Wildman–Crippen MR) is 69.0 cm³/mol. The van der Waals surface area contributed by atoms with Crippen LogP contribution in [-0.2, 0) is 9.59 Å². The lowest BCUT2D eigenvalue weighted by molar-refractivity contribution is -0.137. The van der Waals surface area contributed by atoms with Gasteiger partial charge in [-0.15, -0.1) is 11.3 Å². The van der Waals surface area contributed by atoms with Crippen LogP contribution in [0.15, 0.2) is 29.6 Å². The van der Waals surface area contributed by atoms with E-state index in [-0.39, 0.29) is 6.54 Å². The van der Waals surface area contributed by atoms with Crippen LogP contribution in [0.3, 0.4) is 0 Å². The Hall–Kier alpha value is -1.92. The summed E-state index contributed by atoms with van der Waals surface area (Å²) in [6, 6.07) is 7.66. The fraction of sp³-hybridized carbons (Fsp3) is 0.167. The van der Waals surface area contributed by atoms with E-state index in [0.717, 1.165) is 15.6 Å². The minimum Gasteiger partial charge on any atom is -0.387 e. The molecule has 0 aliphatic carbocycles. The highest BCUT2D eigenvalue weighted by atomic mass is 32.1. The van der Waals surface area contributed by atoms with E-state index in [1.165, 1.54) is 11.3 Å². The Morgan fingerprint density at radius 2 is 2.11 bits per heavy atom. The molecule has 4 N–H and O–H groups in total. The van der Waals surface area contributed by atoms with E-state index in [4.69, 9.17) is 5.73 Å². The number of primary amides is 1. The molecule has 0 radical (unpaired) electrons. The number of thiophene rings is 1. The van der Waals surface area contributed by atoms with Crippen LogP contribution in [0, 0.1) is 0 Å². The molecule has 0 saturated carbocycles. The monoisotopic (exact) mass is 264 g/mol. The Balaban J connectivity index is 2.11. The highest BCUT2D eigenvalue weighted by molar-refractivity contribution is 7.17. The molecule has 0 saturated heterocycles. The number of hydrogen-bond donors (Lipinski definition) is 3. The average molecular weight is 264 g/mol. The Bertz CT molecular complexity index is 594. The van der Waals surface area contributed by atoms with Gasteiger partial charge in [-0.25, -0.2) is 0 Å². The number of amides is 2. The molecule has 0 bridgehead atoms. The first-order valence-corrected chi connectivity index (χ1v) is 6.19. The van der Waals surface area contributed by atoms with Crippen molar-refractivity contribution in [2.24, 2.45) is 5.73 Å². The van der Waals surface area contributed by atoms with E-state index in [2.05, 4.69) is 5.32 Å². The molecule has 18 heavy (non-hydrogen) atoms. The maximum Gasteiger partial charge on any atom is 0.309 e. The molecule has 2 aromatic rings. The van der Waals surface area contributed by atoms with Gasteiger partial charge in [0, 0.05) is 16.8 Å². The maximum atomic E-state index is 11.0. The van der Waals surface area contributed by atoms with Gasteiger partial charge in [-0.3, -0.25) is 9.59 Å². The number of aliphatic hydroxyl groups is 1. The first-order chi connectivity index (χ1) is 8.59. The molecule has 2 rings (SSSR count). The molecule has 0 aliphatic heterocycles. The van der Waals surface area contributed by atoms with Crippen molar-refractivity contribution in [1.82, 2.24) is 5.32 Å². The summed E-state index contributed by atoms with van der Waals surface area (Å²) in [5.41, 5.74) is 5.54. The summed E-state index contributed by atoms with van der Waals surface area (Å²) in [5.74, 6) is -1.95. The van der Waals surface area contributed by atoms with Crippen molar-refractivity contribution in [3.63, 3.8) is 0 Å². The molecule has 0 spiro atoms. The van der Waals surface area contributed by atoms with E-state index >= 15 is 0 Å². The molecular weight excluding hydrogens is 252 g/mol. The van der Waals surface area contributed by atoms with Gasteiger partial charge >= 0.3 is 11.8 Å². The SMILES string of the molecule is NC(=O)C(=O)NC[C@H](O)c1csc2ccccc12. The number of hydrogen-bond acceptors (Lipinski definition) is 4. The van der Waals surface area contributed by atoms with Gasteiger partial charge in [0.2, 0.25) is 0 Å². The quantitative estimate of drug-likeness (QED) is 0.706. The van der Waals surface area contributed by atoms with Crippen LogP contribution in [0.5, 0.6) is 0 Å². The zero-order chi connectivity index (χ0) is 13.1. The molecular formula is C12H12N2O3S. The minimum atomic E-state index is -1.06. The van der Waals surface area contributed by atoms with Crippen molar-refractivity contribution in [2.75, 3.05) is 6.54 Å². The van der Waals surface area contributed by atoms with Gasteiger partial charge in [0.25, 0.3) is 0 Å². The van der Waals surface area contributed by atoms with Crippen molar-refractivity contribution in [2.45, 2.75) is 6.10 Å². The number of benzene rings is 1. The lowest BCUT2D eigenvalue weighted by atomic mass is 10.1. The molecule has 2 amide bonds. The topological polar surface area (TPSA) is 92.4 Å². The Morgan fingerprint density at radius 1 is 1.39 bits per heavy atom. The van der Waals surface area contributed by atoms with Gasteiger partial charge in [-0.05, 0) is 16.8 Å². The van der Waals surface area contributed by atoms with E-state index in [9.17, 15) is 14.7 Å². The van der Waals surface area contributed by atoms with Gasteiger partial charge in [0.15, 0.2) is 0 Å². The normalized spacial score (nSPS) is 12.3. The van der Waals surface area contributed by atoms with Crippen molar-refractivity contribution in [3.05, 3.63) is 35.2 Å². The highest BCUT2D eigenvalue weighted by Gasteiger charge is 2.15. The standard InChI is InChI=1S/C12H12N2O3S/c13-11(16)12(17)14-5-9(15)8-6-18-10-4-2-1-3-7(8)10/h1-4,6,9,15H,5H2,(H2,13,16)(H,14,17)/t9-/m0/s1. The number of nitrogens with two attached hydrogens (primary N) is 1. The van der Waals surface area contributed by atoms with E-state index < -0.39 is 17.9 Å². The predicted octanol–water partition coefficient (Wildman–Crippen LogP) is 0.536. The van der Waals surface area contributed by atoms with Crippen molar-refractivity contribution >= 4 is 33.2 Å². The average Bonchev–Trinajstić information content (AvgIpc) is 2.79. The lowest BCUT2D eigenvalue weighted by Gasteiger charge is -2.10. The van der Waals surface area contributed by atoms with Gasteiger partial charge in [0.1, 0.15) is 0 Å². The fourth-order valence-corrected chi connectivity index (χ4v) is 2.65. The lowest BCUT2D eigenvalue weighted by Crippen LogP contribution is -2.38. The molecule has 94 valence electrons. The number of aliphatic hydroxyl groups excluding tert-OH is 1. The van der Waals surface area contributed by atoms with Gasteiger partial charge in [-0.1, -0.05) is 18.2 Å². The number of carbonyl (C=O) groups is 2. The second-order valence-corrected chi connectivity index (χ2v) is 4.69. The molecule has 1 aromatic heterocycles. The molecule has 0 aliphatic rings. The fourth-order valence-electron chi connectivity index (χ4n) is 1.64. The number of rotatable bonds is 3. The Morgan fingerprint density at radius 3 is 2.83 bits per heavy atom. The van der Waals surface area contributed by atoms with E-state index in [0.29, 0.717) is 0 Å². The first kappa shape index (κ1) is 12.5. The molecule has 1 atom stereocenters. The molecule has 1 heterocycles. The number of fused-ring (bicyclic) bond motifs is 1. The summed E-state index contributed by atoms with van der Waals surface area (Å²) in [6.45, 7) is -0.0392. The van der Waals surface area contributed by atoms with Crippen LogP contribution >= 0.6 is 11.3 Å². The van der Waals surface area contributed by atoms with E-state index in [1.54, 1.807) is 0 Å². The third kappa shape index (κ3) is 2.49. The molecule has 5 nitrogen and oxygen atoms in total. The van der Waals surface area contributed by atoms with Gasteiger partial charge in [-0.2, -0.15) is 0 Å². The number of carbonyl (C=O) groups excluding carboxylic acids is 2. The summed E-state index contributed by atoms with van der Waals surface area (Å²) in [6.07, 6.45) is -0.857. The second kappa shape index (κ2) is 5.16. The molecule has 0 fully saturated rings. The van der Waals surface area contributed by atoms with E-state index in [1.807, 2.05) is 29.6 Å². The summed E-state index contributed by atoms with van der Waals surface area (Å²) in [4.78, 5) is 21.5. The van der Waals surface area contributed by atoms with Crippen molar-refractivity contribution < 1.29 is 14.7 Å². The zero-order valence-electron chi connectivity index (χ0n) is 9.42. The Kier molecular flexibility index (Phi) is 3.59. The second-order valence-electron chi connectivity index (χ2n) is 3.78. The van der Waals surface area contributed by atoms with Crippen LogP contribution in [0.25, 0.3) is 10.1 Å². The van der Waals surface area contributed by atoms with Crippen molar-refractivity contribution in [3.8, 4) is 0 Å². The molecule has 0 unspecified atom stereocenters. The maximum absolute atomic E-state index is 11.0. The zero-order valence-corrected chi connectivity index (χ0v) is 10.2. The third-order valence-electron chi connectivity index (χ3n) is 2.55. The van der Waals surface area contributed by atoms with Gasteiger partial charge in [0.05, 0.1) is 6.10 Å². The van der Waals surface area contributed by atoms with Crippen LogP contribution in [0.2, 0.25) is 0 Å². The van der Waals surface area contributed by atoms with Crippen LogP contribution in [0.1, 0.15) is 11.7 Å². The summed E-state index contributed by atoms with van der Waals surface area (Å²) in [5, 5.41) is 15.0. The number of nitrogens with one attached hydrogen (secondary N) is 1. The Labute approximate surface area is 107 Å². The van der Waals surface area contributed by atoms with Crippen molar-refractivity contribution in [1.29, 1.82) is 0 Å². The highest BCUT2D eigenvalue weighted by Crippen LogP contribution is 2.29. The molecule has 6 heteroatoms. The summed E-state index contributed by atoms with van der Waals surface area (Å²) < 4.78 is 1.06. The summed E-state index contributed by atoms with van der Waals surface area (Å²) in [7, 11) is 0. The van der Waals surface area contributed by atoms with Crippen LogP contribution in [0.4, 0.5) is 0 Å². The summed E-state index contributed by atoms with van der Waals surface area (Å²) >= 11 is 1.52. The van der Waals surface area contributed by atoms with Crippen LogP contribution in [-0.4, -0.2) is 23.5 Å². The van der Waals surface area contributed by atoms with Crippen LogP contribution < -0.4 is 11.1 Å².